The average molecular weight is 425 g/mol. The second kappa shape index (κ2) is 12.1. The quantitative estimate of drug-likeness (QED) is 0.531. The summed E-state index contributed by atoms with van der Waals surface area (Å²) in [6.07, 6.45) is 2.47. The fourth-order valence-corrected chi connectivity index (χ4v) is 3.35. The molecule has 2 aromatic carbocycles. The molecule has 168 valence electrons. The molecule has 0 unspecified atom stereocenters. The Bertz CT molecular complexity index is 861. The third-order valence-electron chi connectivity index (χ3n) is 5.53. The number of unbranched alkanes of at least 4 members (excludes halogenated alkanes) is 1. The van der Waals surface area contributed by atoms with Crippen LogP contribution in [-0.4, -0.2) is 35.9 Å². The smallest absolute Gasteiger partial charge is 0.261 e. The topological polar surface area (TPSA) is 58.6 Å². The number of nitrogens with one attached hydrogen (secondary N) is 1. The predicted molar refractivity (Wildman–Crippen MR) is 125 cm³/mol. The van der Waals surface area contributed by atoms with Crippen LogP contribution >= 0.6 is 0 Å². The first-order chi connectivity index (χ1) is 14.8. The van der Waals surface area contributed by atoms with Gasteiger partial charge in [0.25, 0.3) is 5.91 Å². The van der Waals surface area contributed by atoms with E-state index < -0.39 is 6.04 Å². The Balaban J connectivity index is 2.17. The molecule has 0 aliphatic rings. The highest BCUT2D eigenvalue weighted by atomic mass is 16.5. The number of ether oxygens (including phenoxy) is 1. The molecular formula is C26H36N2O3. The minimum Gasteiger partial charge on any atom is -0.484 e. The summed E-state index contributed by atoms with van der Waals surface area (Å²) in [6.45, 7) is 11.0. The Hall–Kier alpha value is -2.82. The Labute approximate surface area is 186 Å². The van der Waals surface area contributed by atoms with Crippen molar-refractivity contribution in [2.24, 2.45) is 0 Å². The standard InChI is InChI=1S/C26H36N2O3/c1-6-8-15-27-26(30)24(7-2)28(17-22-12-9-19(3)10-13-22)25(29)18-31-23-14-11-20(4)21(5)16-23/h9-14,16,24H,6-8,15,17-18H2,1-5H3,(H,27,30)/t24-/m0/s1. The van der Waals surface area contributed by atoms with Gasteiger partial charge in [0.05, 0.1) is 0 Å². The molecule has 0 aromatic heterocycles. The monoisotopic (exact) mass is 424 g/mol. The van der Waals surface area contributed by atoms with Gasteiger partial charge in [-0.25, -0.2) is 0 Å². The fourth-order valence-electron chi connectivity index (χ4n) is 3.35. The summed E-state index contributed by atoms with van der Waals surface area (Å²) in [7, 11) is 0. The van der Waals surface area contributed by atoms with Crippen molar-refractivity contribution in [1.82, 2.24) is 10.2 Å². The Morgan fingerprint density at radius 1 is 1.00 bits per heavy atom. The molecule has 5 heteroatoms. The van der Waals surface area contributed by atoms with Crippen molar-refractivity contribution in [2.75, 3.05) is 13.2 Å². The number of hydrogen-bond donors (Lipinski definition) is 1. The summed E-state index contributed by atoms with van der Waals surface area (Å²) in [5, 5.41) is 2.98. The molecule has 0 aliphatic heterocycles. The highest BCUT2D eigenvalue weighted by Crippen LogP contribution is 2.18. The van der Waals surface area contributed by atoms with Gasteiger partial charge >= 0.3 is 0 Å². The van der Waals surface area contributed by atoms with Crippen LogP contribution in [0.4, 0.5) is 0 Å². The molecule has 0 saturated carbocycles. The van der Waals surface area contributed by atoms with E-state index in [0.717, 1.165) is 29.5 Å². The van der Waals surface area contributed by atoms with Crippen molar-refractivity contribution in [3.63, 3.8) is 0 Å². The zero-order valence-electron chi connectivity index (χ0n) is 19.5. The van der Waals surface area contributed by atoms with E-state index in [9.17, 15) is 9.59 Å². The lowest BCUT2D eigenvalue weighted by atomic mass is 10.1. The maximum Gasteiger partial charge on any atom is 0.261 e. The van der Waals surface area contributed by atoms with Crippen molar-refractivity contribution in [3.05, 3.63) is 64.7 Å². The number of carbonyl (C=O) groups excluding carboxylic acids is 2. The normalized spacial score (nSPS) is 11.6. The molecule has 5 nitrogen and oxygen atoms in total. The summed E-state index contributed by atoms with van der Waals surface area (Å²) in [5.74, 6) is 0.353. The van der Waals surface area contributed by atoms with Gasteiger partial charge in [0.2, 0.25) is 5.91 Å². The minimum absolute atomic E-state index is 0.104. The molecule has 1 atom stereocenters. The second-order valence-corrected chi connectivity index (χ2v) is 8.11. The molecule has 0 spiro atoms. The molecule has 0 fully saturated rings. The van der Waals surface area contributed by atoms with E-state index in [0.29, 0.717) is 25.3 Å². The van der Waals surface area contributed by atoms with Gasteiger partial charge in [0, 0.05) is 13.1 Å². The van der Waals surface area contributed by atoms with Gasteiger partial charge in [-0.15, -0.1) is 0 Å². The molecule has 0 bridgehead atoms. The van der Waals surface area contributed by atoms with Gasteiger partial charge in [-0.05, 0) is 62.4 Å². The van der Waals surface area contributed by atoms with Gasteiger partial charge in [-0.3, -0.25) is 9.59 Å². The van der Waals surface area contributed by atoms with Gasteiger partial charge in [0.1, 0.15) is 11.8 Å². The largest absolute Gasteiger partial charge is 0.484 e. The van der Waals surface area contributed by atoms with Crippen LogP contribution in [0, 0.1) is 20.8 Å². The van der Waals surface area contributed by atoms with E-state index in [4.69, 9.17) is 4.74 Å². The van der Waals surface area contributed by atoms with E-state index in [-0.39, 0.29) is 18.4 Å². The Morgan fingerprint density at radius 2 is 1.71 bits per heavy atom. The molecule has 0 aliphatic carbocycles. The SMILES string of the molecule is CCCCNC(=O)[C@H](CC)N(Cc1ccc(C)cc1)C(=O)COc1ccc(C)c(C)c1. The van der Waals surface area contributed by atoms with Crippen LogP contribution in [0.5, 0.6) is 5.75 Å². The number of carbonyl (C=O) groups is 2. The van der Waals surface area contributed by atoms with Crippen LogP contribution in [0.1, 0.15) is 55.4 Å². The summed E-state index contributed by atoms with van der Waals surface area (Å²) in [4.78, 5) is 27.7. The summed E-state index contributed by atoms with van der Waals surface area (Å²) in [5.41, 5.74) is 4.44. The van der Waals surface area contributed by atoms with Crippen LogP contribution < -0.4 is 10.1 Å². The first-order valence-corrected chi connectivity index (χ1v) is 11.2. The van der Waals surface area contributed by atoms with E-state index in [1.807, 2.05) is 70.2 Å². The lowest BCUT2D eigenvalue weighted by molar-refractivity contribution is -0.143. The number of rotatable bonds is 11. The highest BCUT2D eigenvalue weighted by Gasteiger charge is 2.28. The van der Waals surface area contributed by atoms with Crippen molar-refractivity contribution in [1.29, 1.82) is 0 Å². The van der Waals surface area contributed by atoms with Gasteiger partial charge < -0.3 is 15.0 Å². The maximum atomic E-state index is 13.2. The predicted octanol–water partition coefficient (Wildman–Crippen LogP) is 4.71. The highest BCUT2D eigenvalue weighted by molar-refractivity contribution is 5.88. The molecule has 2 rings (SSSR count). The molecule has 2 amide bonds. The van der Waals surface area contributed by atoms with Crippen LogP contribution in [-0.2, 0) is 16.1 Å². The number of benzene rings is 2. The van der Waals surface area contributed by atoms with E-state index in [2.05, 4.69) is 12.2 Å². The fraction of sp³-hybridized carbons (Fsp3) is 0.462. The minimum atomic E-state index is -0.533. The third kappa shape index (κ3) is 7.42. The summed E-state index contributed by atoms with van der Waals surface area (Å²) in [6, 6.07) is 13.3. The third-order valence-corrected chi connectivity index (χ3v) is 5.53. The van der Waals surface area contributed by atoms with Crippen LogP contribution in [0.3, 0.4) is 0 Å². The average Bonchev–Trinajstić information content (AvgIpc) is 2.75. The van der Waals surface area contributed by atoms with Crippen molar-refractivity contribution >= 4 is 11.8 Å². The first kappa shape index (κ1) is 24.4. The Morgan fingerprint density at radius 3 is 2.32 bits per heavy atom. The van der Waals surface area contributed by atoms with Crippen molar-refractivity contribution in [2.45, 2.75) is 66.5 Å². The van der Waals surface area contributed by atoms with E-state index in [1.165, 1.54) is 5.56 Å². The number of amides is 2. The molecular weight excluding hydrogens is 388 g/mol. The number of aryl methyl sites for hydroxylation is 3. The first-order valence-electron chi connectivity index (χ1n) is 11.2. The molecule has 0 heterocycles. The number of nitrogens with zero attached hydrogens (tertiary/aromatic N) is 1. The molecule has 31 heavy (non-hydrogen) atoms. The zero-order valence-corrected chi connectivity index (χ0v) is 19.5. The lowest BCUT2D eigenvalue weighted by Crippen LogP contribution is -2.50. The van der Waals surface area contributed by atoms with Crippen LogP contribution in [0.25, 0.3) is 0 Å². The maximum absolute atomic E-state index is 13.2. The number of hydrogen-bond acceptors (Lipinski definition) is 3. The summed E-state index contributed by atoms with van der Waals surface area (Å²) >= 11 is 0. The lowest BCUT2D eigenvalue weighted by Gasteiger charge is -2.30. The molecule has 0 radical (unpaired) electrons. The second-order valence-electron chi connectivity index (χ2n) is 8.11. The van der Waals surface area contributed by atoms with Crippen LogP contribution in [0.2, 0.25) is 0 Å². The summed E-state index contributed by atoms with van der Waals surface area (Å²) < 4.78 is 5.79. The van der Waals surface area contributed by atoms with Crippen molar-refractivity contribution < 1.29 is 14.3 Å². The van der Waals surface area contributed by atoms with E-state index in [1.54, 1.807) is 4.90 Å². The van der Waals surface area contributed by atoms with Gasteiger partial charge in [-0.1, -0.05) is 56.2 Å². The van der Waals surface area contributed by atoms with Gasteiger partial charge in [-0.2, -0.15) is 0 Å². The van der Waals surface area contributed by atoms with Gasteiger partial charge in [0.15, 0.2) is 6.61 Å². The van der Waals surface area contributed by atoms with E-state index >= 15 is 0 Å². The molecule has 2 aromatic rings. The molecule has 1 N–H and O–H groups in total. The van der Waals surface area contributed by atoms with Crippen LogP contribution in [0.15, 0.2) is 42.5 Å². The Kier molecular flexibility index (Phi) is 9.57. The zero-order chi connectivity index (χ0) is 22.8. The van der Waals surface area contributed by atoms with Crippen molar-refractivity contribution in [3.8, 4) is 5.75 Å². The molecule has 0 saturated heterocycles.